The number of nitrogens with two attached hydrogens (primary N) is 1. The summed E-state index contributed by atoms with van der Waals surface area (Å²) in [5.74, 6) is 0. The van der Waals surface area contributed by atoms with Crippen molar-refractivity contribution in [3.05, 3.63) is 121 Å². The van der Waals surface area contributed by atoms with Crippen molar-refractivity contribution in [1.29, 1.82) is 0 Å². The van der Waals surface area contributed by atoms with Crippen LogP contribution in [0.1, 0.15) is 54.9 Å². The number of rotatable bonds is 5. The Balaban J connectivity index is 0.000000392. The number of hydrogen-bond acceptors (Lipinski definition) is 4. The van der Waals surface area contributed by atoms with Crippen molar-refractivity contribution in [3.63, 3.8) is 0 Å². The van der Waals surface area contributed by atoms with Gasteiger partial charge in [-0.05, 0) is 78.7 Å². The smallest absolute Gasteiger partial charge is 0.330 e. The summed E-state index contributed by atoms with van der Waals surface area (Å²) in [7, 11) is 0. The highest BCUT2D eigenvalue weighted by Crippen LogP contribution is 2.39. The van der Waals surface area contributed by atoms with Gasteiger partial charge in [0.05, 0.1) is 38.3 Å². The molecule has 3 aromatic rings. The van der Waals surface area contributed by atoms with Crippen molar-refractivity contribution in [1.82, 2.24) is 0 Å². The number of aldehydes is 1. The monoisotopic (exact) mass is 784 g/mol. The molecule has 23 heteroatoms. The number of nitro groups is 1. The molecule has 288 valence electrons. The number of alkyl halides is 18. The van der Waals surface area contributed by atoms with Gasteiger partial charge in [-0.3, -0.25) is 14.9 Å². The maximum absolute atomic E-state index is 12.4. The fourth-order valence-corrected chi connectivity index (χ4v) is 3.60. The topological polar surface area (TPSA) is 86.2 Å². The number of carbonyl (C=O) groups is 1. The molecular weight excluding hydrogens is 766 g/mol. The number of benzene rings is 3. The first-order chi connectivity index (χ1) is 23.3. The lowest BCUT2D eigenvalue weighted by Gasteiger charge is -2.13. The summed E-state index contributed by atoms with van der Waals surface area (Å²) >= 11 is 0. The fourth-order valence-electron chi connectivity index (χ4n) is 3.60. The molecule has 0 radical (unpaired) electrons. The highest BCUT2D eigenvalue weighted by atomic mass is 19.4. The van der Waals surface area contributed by atoms with Crippen LogP contribution in [-0.2, 0) is 43.5 Å². The Bertz CT molecular complexity index is 1620. The van der Waals surface area contributed by atoms with Gasteiger partial charge in [0.1, 0.15) is 6.29 Å². The van der Waals surface area contributed by atoms with Crippen LogP contribution in [0.2, 0.25) is 0 Å². The van der Waals surface area contributed by atoms with E-state index in [1.54, 1.807) is 0 Å². The largest absolute Gasteiger partial charge is 0.416 e. The van der Waals surface area contributed by atoms with Crippen LogP contribution in [0, 0.1) is 10.1 Å². The van der Waals surface area contributed by atoms with Crippen LogP contribution in [-0.4, -0.2) is 17.8 Å². The molecule has 0 saturated heterocycles. The van der Waals surface area contributed by atoms with Gasteiger partial charge in [0.25, 0.3) is 0 Å². The van der Waals surface area contributed by atoms with Crippen molar-refractivity contribution in [2.45, 2.75) is 43.5 Å². The van der Waals surface area contributed by atoms with Gasteiger partial charge in [-0.15, -0.1) is 0 Å². The van der Waals surface area contributed by atoms with Crippen LogP contribution in [0.3, 0.4) is 0 Å². The molecule has 0 bridgehead atoms. The van der Waals surface area contributed by atoms with Crippen molar-refractivity contribution in [2.75, 3.05) is 6.54 Å². The van der Waals surface area contributed by atoms with Crippen LogP contribution in [0.5, 0.6) is 0 Å². The Hall–Kier alpha value is -4.83. The molecule has 0 aliphatic rings. The minimum absolute atomic E-state index is 0.0153. The van der Waals surface area contributed by atoms with E-state index in [0.29, 0.717) is 42.5 Å². The van der Waals surface area contributed by atoms with Crippen molar-refractivity contribution in [2.24, 2.45) is 5.73 Å². The number of halogens is 18. The van der Waals surface area contributed by atoms with E-state index in [-0.39, 0.29) is 49.2 Å². The van der Waals surface area contributed by atoms with E-state index in [2.05, 4.69) is 0 Å². The zero-order chi connectivity index (χ0) is 40.7. The van der Waals surface area contributed by atoms with Crippen molar-refractivity contribution in [3.8, 4) is 0 Å². The summed E-state index contributed by atoms with van der Waals surface area (Å²) < 4.78 is 222. The normalized spacial score (nSPS) is 12.8. The average molecular weight is 784 g/mol. The fraction of sp³-hybridized carbons (Fsp3) is 0.276. The number of carbonyl (C=O) groups excluding carboxylic acids is 1. The molecule has 2 N–H and O–H groups in total. The molecule has 0 heterocycles. The predicted molar refractivity (Wildman–Crippen MR) is 144 cm³/mol. The zero-order valence-electron chi connectivity index (χ0n) is 24.9. The third kappa shape index (κ3) is 14.8. The van der Waals surface area contributed by atoms with Gasteiger partial charge in [0, 0.05) is 11.6 Å². The quantitative estimate of drug-likeness (QED) is 0.121. The molecule has 5 nitrogen and oxygen atoms in total. The Kier molecular flexibility index (Phi) is 14.5. The Labute approximate surface area is 278 Å². The predicted octanol–water partition coefficient (Wildman–Crippen LogP) is 10.7. The zero-order valence-corrected chi connectivity index (χ0v) is 24.9. The average Bonchev–Trinajstić information content (AvgIpc) is 2.97. The molecule has 0 aliphatic carbocycles. The molecule has 0 amide bonds. The van der Waals surface area contributed by atoms with Gasteiger partial charge in [0.2, 0.25) is 6.20 Å². The maximum Gasteiger partial charge on any atom is 0.416 e. The number of nitrogens with zero attached hydrogens (tertiary/aromatic N) is 1. The van der Waals surface area contributed by atoms with Crippen LogP contribution in [0.15, 0.2) is 60.8 Å². The number of hydrogen-bond donors (Lipinski definition) is 1. The van der Waals surface area contributed by atoms with E-state index in [9.17, 15) is 93.9 Å². The SMILES string of the molecule is NCCc1cc(C(F)(F)F)cc(C(F)(F)F)c1.O=Cc1cc(C(F)(F)F)cc(C(F)(F)F)c1.O=[N+]([O-])/C=C/c1cc(C(F)(F)F)cc(C(F)(F)F)c1. The van der Waals surface area contributed by atoms with E-state index in [4.69, 9.17) is 5.73 Å². The van der Waals surface area contributed by atoms with Crippen LogP contribution in [0.25, 0.3) is 6.08 Å². The summed E-state index contributed by atoms with van der Waals surface area (Å²) in [4.78, 5) is 19.2. The Morgan fingerprint density at radius 1 is 0.500 bits per heavy atom. The van der Waals surface area contributed by atoms with Crippen LogP contribution in [0.4, 0.5) is 79.0 Å². The molecule has 3 aromatic carbocycles. The van der Waals surface area contributed by atoms with E-state index in [1.807, 2.05) is 0 Å². The lowest BCUT2D eigenvalue weighted by Crippen LogP contribution is -2.13. The molecule has 3 rings (SSSR count). The van der Waals surface area contributed by atoms with Crippen molar-refractivity contribution < 1.29 is 88.7 Å². The van der Waals surface area contributed by atoms with E-state index < -0.39 is 86.5 Å². The summed E-state index contributed by atoms with van der Waals surface area (Å²) in [5.41, 5.74) is -4.84. The summed E-state index contributed by atoms with van der Waals surface area (Å²) in [5, 5.41) is 10.0. The second-order valence-corrected chi connectivity index (χ2v) is 9.85. The van der Waals surface area contributed by atoms with Gasteiger partial charge in [-0.2, -0.15) is 79.0 Å². The summed E-state index contributed by atoms with van der Waals surface area (Å²) in [6.07, 6.45) is -28.7. The van der Waals surface area contributed by atoms with Crippen molar-refractivity contribution >= 4 is 12.4 Å². The molecule has 0 aliphatic heterocycles. The highest BCUT2D eigenvalue weighted by Gasteiger charge is 2.39. The Morgan fingerprint density at radius 3 is 1.00 bits per heavy atom. The lowest BCUT2D eigenvalue weighted by atomic mass is 10.0. The van der Waals surface area contributed by atoms with Gasteiger partial charge >= 0.3 is 37.1 Å². The first-order valence-electron chi connectivity index (χ1n) is 13.1. The molecule has 0 spiro atoms. The first kappa shape index (κ1) is 45.2. The van der Waals surface area contributed by atoms with E-state index in [0.717, 1.165) is 0 Å². The highest BCUT2D eigenvalue weighted by molar-refractivity contribution is 5.75. The Morgan fingerprint density at radius 2 is 0.769 bits per heavy atom. The van der Waals surface area contributed by atoms with E-state index >= 15 is 0 Å². The summed E-state index contributed by atoms with van der Waals surface area (Å²) in [6.45, 7) is -0.0153. The van der Waals surface area contributed by atoms with Gasteiger partial charge < -0.3 is 5.73 Å². The maximum atomic E-state index is 12.4. The molecule has 0 unspecified atom stereocenters. The third-order valence-corrected chi connectivity index (χ3v) is 5.83. The molecule has 0 aromatic heterocycles. The minimum Gasteiger partial charge on any atom is -0.330 e. The first-order valence-corrected chi connectivity index (χ1v) is 13.1. The lowest BCUT2D eigenvalue weighted by molar-refractivity contribution is -0.400. The van der Waals surface area contributed by atoms with Gasteiger partial charge in [0.15, 0.2) is 0 Å². The molecule has 52 heavy (non-hydrogen) atoms. The van der Waals surface area contributed by atoms with Crippen LogP contribution >= 0.6 is 0 Å². The molecule has 0 fully saturated rings. The molecule has 0 atom stereocenters. The standard InChI is InChI=1S/C10H5F6NO2.C10H9F6N.C9H4F6O/c11-9(12,13)7-3-6(1-2-17(18)19)4-8(5-7)10(14,15)16;11-9(12,13)7-3-6(1-2-17)4-8(5-7)10(14,15)16;10-8(11,12)6-1-5(4-16)2-7(3-6)9(13,14)15/h1-5H;3-5H,1-2,17H2;1-4H/b2-1+;;. The third-order valence-electron chi connectivity index (χ3n) is 5.83. The van der Waals surface area contributed by atoms with Gasteiger partial charge in [-0.1, -0.05) is 0 Å². The van der Waals surface area contributed by atoms with Gasteiger partial charge in [-0.25, -0.2) is 0 Å². The van der Waals surface area contributed by atoms with Crippen LogP contribution < -0.4 is 5.73 Å². The molecular formula is C29H18F18N2O3. The second kappa shape index (κ2) is 16.7. The summed E-state index contributed by atoms with van der Waals surface area (Å²) in [6, 6.07) is 2.90. The minimum atomic E-state index is -4.97. The second-order valence-electron chi connectivity index (χ2n) is 9.85. The molecule has 0 saturated carbocycles. The van der Waals surface area contributed by atoms with E-state index in [1.165, 1.54) is 0 Å².